The van der Waals surface area contributed by atoms with Crippen molar-refractivity contribution in [3.05, 3.63) is 59.9 Å². The van der Waals surface area contributed by atoms with E-state index >= 15 is 0 Å². The summed E-state index contributed by atoms with van der Waals surface area (Å²) in [5, 5.41) is 12.5. The highest BCUT2D eigenvalue weighted by Crippen LogP contribution is 2.14. The van der Waals surface area contributed by atoms with Gasteiger partial charge >= 0.3 is 5.97 Å². The maximum absolute atomic E-state index is 13.0. The van der Waals surface area contributed by atoms with Crippen molar-refractivity contribution in [3.8, 4) is 0 Å². The van der Waals surface area contributed by atoms with E-state index in [0.717, 1.165) is 36.2 Å². The van der Waals surface area contributed by atoms with Crippen molar-refractivity contribution in [2.75, 3.05) is 5.32 Å². The number of rotatable bonds is 9. The van der Waals surface area contributed by atoms with E-state index in [1.807, 2.05) is 23.8 Å². The Bertz CT molecular complexity index is 1010. The summed E-state index contributed by atoms with van der Waals surface area (Å²) >= 11 is 0. The Labute approximate surface area is 180 Å². The van der Waals surface area contributed by atoms with Crippen LogP contribution in [0, 0.1) is 5.82 Å². The molecule has 0 aliphatic heterocycles. The van der Waals surface area contributed by atoms with E-state index in [4.69, 9.17) is 4.74 Å². The largest absolute Gasteiger partial charge is 0.451 e. The average molecular weight is 453 g/mol. The number of aliphatic hydroxyl groups is 1. The van der Waals surface area contributed by atoms with Crippen LogP contribution in [0.25, 0.3) is 0 Å². The molecule has 0 aliphatic carbocycles. The average Bonchev–Trinajstić information content (AvgIpc) is 2.72. The van der Waals surface area contributed by atoms with Crippen LogP contribution in [0.1, 0.15) is 26.3 Å². The molecule has 0 heterocycles. The number of ether oxygens (including phenoxy) is 1. The molecular formula is C21H25FN2O6S. The lowest BCUT2D eigenvalue weighted by Gasteiger charge is -2.22. The molecule has 10 heteroatoms. The number of amides is 1. The number of hydrogen-bond donors (Lipinski definition) is 3. The van der Waals surface area contributed by atoms with E-state index in [2.05, 4.69) is 5.32 Å². The van der Waals surface area contributed by atoms with Crippen molar-refractivity contribution in [2.24, 2.45) is 0 Å². The van der Waals surface area contributed by atoms with Gasteiger partial charge in [-0.3, -0.25) is 9.59 Å². The molecule has 31 heavy (non-hydrogen) atoms. The number of aryl methyl sites for hydroxylation is 1. The number of aliphatic hydroxyl groups excluding tert-OH is 1. The van der Waals surface area contributed by atoms with Gasteiger partial charge in [0.15, 0.2) is 6.10 Å². The standard InChI is InChI=1S/C21H25FN2O6S/c1-4-15-5-9-17(10-6-15)23-20(26)14(3)30-21(27)19(13(2)25)24-31(28,29)18-11-7-16(22)8-12-18/h5-14,19,24-25H,4H2,1-3H3,(H,23,26)/t13-,14-,19-/m0/s1. The van der Waals surface area contributed by atoms with Gasteiger partial charge in [-0.1, -0.05) is 19.1 Å². The zero-order chi connectivity index (χ0) is 23.2. The number of anilines is 1. The predicted octanol–water partition coefficient (Wildman–Crippen LogP) is 1.99. The quantitative estimate of drug-likeness (QED) is 0.500. The Morgan fingerprint density at radius 2 is 1.65 bits per heavy atom. The molecule has 0 saturated carbocycles. The second-order valence-electron chi connectivity index (χ2n) is 6.91. The molecule has 0 bridgehead atoms. The van der Waals surface area contributed by atoms with E-state index in [0.29, 0.717) is 5.69 Å². The third kappa shape index (κ3) is 6.84. The number of hydrogen-bond acceptors (Lipinski definition) is 6. The zero-order valence-corrected chi connectivity index (χ0v) is 18.1. The van der Waals surface area contributed by atoms with E-state index in [1.165, 1.54) is 13.8 Å². The molecule has 1 amide bonds. The van der Waals surface area contributed by atoms with E-state index < -0.39 is 46.0 Å². The number of benzene rings is 2. The molecule has 2 aromatic rings. The lowest BCUT2D eigenvalue weighted by atomic mass is 10.1. The highest BCUT2D eigenvalue weighted by molar-refractivity contribution is 7.89. The first-order chi connectivity index (χ1) is 14.5. The second kappa shape index (κ2) is 10.5. The van der Waals surface area contributed by atoms with Crippen LogP contribution in [0.4, 0.5) is 10.1 Å². The maximum Gasteiger partial charge on any atom is 0.327 e. The molecular weight excluding hydrogens is 427 g/mol. The third-order valence-electron chi connectivity index (χ3n) is 4.43. The number of sulfonamides is 1. The van der Waals surface area contributed by atoms with Gasteiger partial charge in [-0.2, -0.15) is 4.72 Å². The summed E-state index contributed by atoms with van der Waals surface area (Å²) in [7, 11) is -4.26. The van der Waals surface area contributed by atoms with Gasteiger partial charge in [-0.15, -0.1) is 0 Å². The summed E-state index contributed by atoms with van der Waals surface area (Å²) in [6, 6.07) is 9.37. The topological polar surface area (TPSA) is 122 Å². The van der Waals surface area contributed by atoms with Crippen molar-refractivity contribution >= 4 is 27.6 Å². The van der Waals surface area contributed by atoms with Crippen LogP contribution in [0.2, 0.25) is 0 Å². The van der Waals surface area contributed by atoms with Gasteiger partial charge in [0.1, 0.15) is 11.9 Å². The Morgan fingerprint density at radius 3 is 2.16 bits per heavy atom. The van der Waals surface area contributed by atoms with Crippen LogP contribution >= 0.6 is 0 Å². The first-order valence-electron chi connectivity index (χ1n) is 9.59. The van der Waals surface area contributed by atoms with Crippen LogP contribution in [0.3, 0.4) is 0 Å². The molecule has 0 radical (unpaired) electrons. The summed E-state index contributed by atoms with van der Waals surface area (Å²) in [4.78, 5) is 24.5. The molecule has 168 valence electrons. The van der Waals surface area contributed by atoms with Gasteiger partial charge in [0.25, 0.3) is 5.91 Å². The number of carbonyl (C=O) groups excluding carboxylic acids is 2. The number of nitrogens with one attached hydrogen (secondary N) is 2. The molecule has 0 spiro atoms. The maximum atomic E-state index is 13.0. The second-order valence-corrected chi connectivity index (χ2v) is 8.63. The van der Waals surface area contributed by atoms with Crippen LogP contribution in [-0.2, 0) is 30.8 Å². The van der Waals surface area contributed by atoms with Crippen molar-refractivity contribution in [2.45, 2.75) is 50.3 Å². The SMILES string of the molecule is CCc1ccc(NC(=O)[C@H](C)OC(=O)[C@@H](NS(=O)(=O)c2ccc(F)cc2)[C@H](C)O)cc1. The van der Waals surface area contributed by atoms with Crippen molar-refractivity contribution in [1.82, 2.24) is 4.72 Å². The first kappa shape index (κ1) is 24.4. The molecule has 0 fully saturated rings. The lowest BCUT2D eigenvalue weighted by Crippen LogP contribution is -2.49. The van der Waals surface area contributed by atoms with Gasteiger partial charge in [-0.25, -0.2) is 12.8 Å². The monoisotopic (exact) mass is 452 g/mol. The molecule has 8 nitrogen and oxygen atoms in total. The number of esters is 1. The van der Waals surface area contributed by atoms with Crippen LogP contribution in [0.15, 0.2) is 53.4 Å². The Hall–Kier alpha value is -2.82. The fraction of sp³-hybridized carbons (Fsp3) is 0.333. The van der Waals surface area contributed by atoms with E-state index in [-0.39, 0.29) is 4.90 Å². The third-order valence-corrected chi connectivity index (χ3v) is 5.89. The van der Waals surface area contributed by atoms with Gasteiger partial charge in [-0.05, 0) is 62.2 Å². The summed E-state index contributed by atoms with van der Waals surface area (Å²) < 4.78 is 45.0. The molecule has 2 aromatic carbocycles. The smallest absolute Gasteiger partial charge is 0.327 e. The number of halogens is 1. The highest BCUT2D eigenvalue weighted by atomic mass is 32.2. The van der Waals surface area contributed by atoms with Crippen LogP contribution in [-0.4, -0.2) is 43.7 Å². The Morgan fingerprint density at radius 1 is 1.06 bits per heavy atom. The fourth-order valence-corrected chi connectivity index (χ4v) is 3.82. The Kier molecular flexibility index (Phi) is 8.26. The van der Waals surface area contributed by atoms with Crippen molar-refractivity contribution in [1.29, 1.82) is 0 Å². The first-order valence-corrected chi connectivity index (χ1v) is 11.1. The molecule has 3 N–H and O–H groups in total. The summed E-state index contributed by atoms with van der Waals surface area (Å²) in [5.41, 5.74) is 1.60. The zero-order valence-electron chi connectivity index (χ0n) is 17.3. The van der Waals surface area contributed by atoms with Gasteiger partial charge < -0.3 is 15.2 Å². The highest BCUT2D eigenvalue weighted by Gasteiger charge is 2.33. The molecule has 0 aliphatic rings. The molecule has 3 atom stereocenters. The minimum Gasteiger partial charge on any atom is -0.451 e. The Balaban J connectivity index is 2.05. The summed E-state index contributed by atoms with van der Waals surface area (Å²) in [6.07, 6.45) is -1.87. The van der Waals surface area contributed by atoms with Gasteiger partial charge in [0.2, 0.25) is 10.0 Å². The summed E-state index contributed by atoms with van der Waals surface area (Å²) in [6.45, 7) is 4.51. The molecule has 2 rings (SSSR count). The van der Waals surface area contributed by atoms with Gasteiger partial charge in [0, 0.05) is 5.69 Å². The summed E-state index contributed by atoms with van der Waals surface area (Å²) in [5.74, 6) is -2.39. The minimum atomic E-state index is -4.26. The normalized spacial score (nSPS) is 14.4. The predicted molar refractivity (Wildman–Crippen MR) is 112 cm³/mol. The van der Waals surface area contributed by atoms with E-state index in [1.54, 1.807) is 12.1 Å². The van der Waals surface area contributed by atoms with Crippen molar-refractivity contribution < 1.29 is 32.2 Å². The van der Waals surface area contributed by atoms with Crippen LogP contribution in [0.5, 0.6) is 0 Å². The molecule has 0 aromatic heterocycles. The number of carbonyl (C=O) groups is 2. The molecule has 0 saturated heterocycles. The van der Waals surface area contributed by atoms with Crippen molar-refractivity contribution in [3.63, 3.8) is 0 Å². The van der Waals surface area contributed by atoms with E-state index in [9.17, 15) is 27.5 Å². The minimum absolute atomic E-state index is 0.298. The lowest BCUT2D eigenvalue weighted by molar-refractivity contribution is -0.157. The fourth-order valence-electron chi connectivity index (χ4n) is 2.56. The van der Waals surface area contributed by atoms with Gasteiger partial charge in [0.05, 0.1) is 11.0 Å². The van der Waals surface area contributed by atoms with Crippen LogP contribution < -0.4 is 10.0 Å². The molecule has 0 unspecified atom stereocenters.